The van der Waals surface area contributed by atoms with Crippen LogP contribution in [0.15, 0.2) is 4.99 Å². The Morgan fingerprint density at radius 2 is 1.59 bits per heavy atom. The van der Waals surface area contributed by atoms with Crippen molar-refractivity contribution in [1.82, 2.24) is 20.9 Å². The summed E-state index contributed by atoms with van der Waals surface area (Å²) < 4.78 is 5.20. The fourth-order valence-electron chi connectivity index (χ4n) is 2.56. The Hall–Kier alpha value is -0.770. The van der Waals surface area contributed by atoms with Gasteiger partial charge in [0.25, 0.3) is 0 Å². The lowest BCUT2D eigenvalue weighted by Gasteiger charge is -2.30. The summed E-state index contributed by atoms with van der Waals surface area (Å²) in [7, 11) is 0. The lowest BCUT2D eigenvalue weighted by atomic mass is 10.2. The van der Waals surface area contributed by atoms with Crippen molar-refractivity contribution < 1.29 is 9.53 Å². The summed E-state index contributed by atoms with van der Waals surface area (Å²) in [6, 6.07) is 1.09. The maximum Gasteiger partial charge on any atom is 0.407 e. The minimum absolute atomic E-state index is 0. The number of hydrogen-bond acceptors (Lipinski definition) is 4. The average molecular weight is 499 g/mol. The Balaban J connectivity index is 0. The number of hydrogen-bond donors (Lipinski definition) is 3. The molecule has 0 saturated heterocycles. The smallest absolute Gasteiger partial charge is 0.407 e. The lowest BCUT2D eigenvalue weighted by molar-refractivity contribution is 0.0529. The highest BCUT2D eigenvalue weighted by Gasteiger charge is 2.15. The van der Waals surface area contributed by atoms with Crippen molar-refractivity contribution in [2.24, 2.45) is 4.99 Å². The molecule has 0 radical (unpaired) electrons. The summed E-state index contributed by atoms with van der Waals surface area (Å²) in [5, 5.41) is 9.18. The number of rotatable bonds is 10. The van der Waals surface area contributed by atoms with Crippen molar-refractivity contribution in [3.8, 4) is 0 Å². The third-order valence-corrected chi connectivity index (χ3v) is 3.60. The number of nitrogens with one attached hydrogen (secondary N) is 3. The molecule has 0 aromatic rings. The van der Waals surface area contributed by atoms with E-state index >= 15 is 0 Å². The molecule has 0 unspecified atom stereocenters. The number of halogens is 1. The molecule has 0 heterocycles. The van der Waals surface area contributed by atoms with E-state index in [4.69, 9.17) is 4.74 Å². The molecule has 162 valence electrons. The van der Waals surface area contributed by atoms with E-state index in [1.165, 1.54) is 0 Å². The van der Waals surface area contributed by atoms with Gasteiger partial charge in [-0.1, -0.05) is 0 Å². The largest absolute Gasteiger partial charge is 0.444 e. The third kappa shape index (κ3) is 15.9. The van der Waals surface area contributed by atoms with E-state index in [2.05, 4.69) is 53.5 Å². The van der Waals surface area contributed by atoms with Gasteiger partial charge in [0, 0.05) is 44.8 Å². The molecule has 7 nitrogen and oxygen atoms in total. The second-order valence-corrected chi connectivity index (χ2v) is 7.89. The summed E-state index contributed by atoms with van der Waals surface area (Å²) in [6.45, 7) is 20.2. The first-order valence-electron chi connectivity index (χ1n) is 9.81. The Labute approximate surface area is 183 Å². The van der Waals surface area contributed by atoms with Crippen LogP contribution in [-0.4, -0.2) is 67.4 Å². The summed E-state index contributed by atoms with van der Waals surface area (Å²) in [4.78, 5) is 18.7. The average Bonchev–Trinajstić information content (AvgIpc) is 2.48. The van der Waals surface area contributed by atoms with Crippen LogP contribution in [0.25, 0.3) is 0 Å². The number of aliphatic imine (C=N–C) groups is 1. The van der Waals surface area contributed by atoms with Gasteiger partial charge in [-0.2, -0.15) is 0 Å². The lowest BCUT2D eigenvalue weighted by Crippen LogP contribution is -2.42. The molecule has 0 atom stereocenters. The monoisotopic (exact) mass is 499 g/mol. The molecule has 0 aliphatic rings. The number of nitrogens with zero attached hydrogens (tertiary/aromatic N) is 2. The molecule has 0 bridgehead atoms. The number of alkyl carbamates (subject to hydrolysis) is 1. The predicted molar refractivity (Wildman–Crippen MR) is 125 cm³/mol. The molecular weight excluding hydrogens is 457 g/mol. The molecule has 0 fully saturated rings. The van der Waals surface area contributed by atoms with E-state index in [-0.39, 0.29) is 24.0 Å². The highest BCUT2D eigenvalue weighted by atomic mass is 127. The van der Waals surface area contributed by atoms with Crippen LogP contribution in [-0.2, 0) is 4.74 Å². The van der Waals surface area contributed by atoms with E-state index in [0.29, 0.717) is 25.2 Å². The van der Waals surface area contributed by atoms with Crippen LogP contribution in [0.1, 0.15) is 61.8 Å². The fourth-order valence-corrected chi connectivity index (χ4v) is 2.56. The molecule has 0 aromatic carbocycles. The second kappa shape index (κ2) is 15.2. The molecule has 27 heavy (non-hydrogen) atoms. The van der Waals surface area contributed by atoms with Gasteiger partial charge in [-0.25, -0.2) is 4.79 Å². The quantitative estimate of drug-likeness (QED) is 0.186. The van der Waals surface area contributed by atoms with E-state index in [1.807, 2.05) is 27.7 Å². The van der Waals surface area contributed by atoms with Crippen molar-refractivity contribution in [2.45, 2.75) is 79.5 Å². The molecule has 0 spiro atoms. The van der Waals surface area contributed by atoms with Crippen LogP contribution in [0.5, 0.6) is 0 Å². The molecule has 8 heteroatoms. The van der Waals surface area contributed by atoms with Crippen molar-refractivity contribution in [3.05, 3.63) is 0 Å². The van der Waals surface area contributed by atoms with Gasteiger partial charge in [0.2, 0.25) is 0 Å². The summed E-state index contributed by atoms with van der Waals surface area (Å²) in [5.74, 6) is 0.777. The van der Waals surface area contributed by atoms with E-state index in [1.54, 1.807) is 0 Å². The van der Waals surface area contributed by atoms with Crippen molar-refractivity contribution >= 4 is 36.0 Å². The van der Waals surface area contributed by atoms with Gasteiger partial charge in [-0.3, -0.25) is 9.89 Å². The molecule has 0 aromatic heterocycles. The van der Waals surface area contributed by atoms with Crippen molar-refractivity contribution in [3.63, 3.8) is 0 Å². The second-order valence-electron chi connectivity index (χ2n) is 7.89. The van der Waals surface area contributed by atoms with Crippen molar-refractivity contribution in [1.29, 1.82) is 0 Å². The topological polar surface area (TPSA) is 78.0 Å². The van der Waals surface area contributed by atoms with Crippen LogP contribution >= 0.6 is 24.0 Å². The summed E-state index contributed by atoms with van der Waals surface area (Å²) in [6.07, 6.45) is 0.618. The number of carbonyl (C=O) groups excluding carboxylic acids is 1. The molecule has 0 aliphatic heterocycles. The molecule has 1 amide bonds. The molecule has 0 saturated carbocycles. The Bertz CT molecular complexity index is 415. The first kappa shape index (κ1) is 28.4. The molecular formula is C19H42IN5O2. The normalized spacial score (nSPS) is 12.2. The minimum Gasteiger partial charge on any atom is -0.444 e. The Morgan fingerprint density at radius 1 is 1.04 bits per heavy atom. The third-order valence-electron chi connectivity index (χ3n) is 3.60. The van der Waals surface area contributed by atoms with Crippen molar-refractivity contribution in [2.75, 3.05) is 32.7 Å². The van der Waals surface area contributed by atoms with Gasteiger partial charge in [-0.15, -0.1) is 24.0 Å². The van der Waals surface area contributed by atoms with Gasteiger partial charge in [0.15, 0.2) is 5.96 Å². The highest BCUT2D eigenvalue weighted by Crippen LogP contribution is 2.06. The fraction of sp³-hybridized carbons (Fsp3) is 0.895. The highest BCUT2D eigenvalue weighted by molar-refractivity contribution is 14.0. The van der Waals surface area contributed by atoms with Crippen LogP contribution in [0.4, 0.5) is 4.79 Å². The number of amides is 1. The van der Waals surface area contributed by atoms with Crippen LogP contribution in [0.3, 0.4) is 0 Å². The summed E-state index contributed by atoms with van der Waals surface area (Å²) >= 11 is 0. The zero-order valence-electron chi connectivity index (χ0n) is 18.5. The number of carbonyl (C=O) groups is 1. The molecule has 0 aliphatic carbocycles. The molecule has 3 N–H and O–H groups in total. The zero-order valence-corrected chi connectivity index (χ0v) is 20.8. The van der Waals surface area contributed by atoms with Gasteiger partial charge in [0.1, 0.15) is 5.60 Å². The SMILES string of the molecule is CCNC(=NCCCN(C(C)C)C(C)C)NCCNC(=O)OC(C)(C)C.I. The molecule has 0 rings (SSSR count). The number of ether oxygens (including phenoxy) is 1. The first-order valence-corrected chi connectivity index (χ1v) is 9.81. The Kier molecular flexibility index (Phi) is 16.0. The first-order chi connectivity index (χ1) is 12.1. The Morgan fingerprint density at radius 3 is 2.07 bits per heavy atom. The van der Waals surface area contributed by atoms with E-state index < -0.39 is 11.7 Å². The number of guanidine groups is 1. The maximum atomic E-state index is 11.6. The minimum atomic E-state index is -0.478. The van der Waals surface area contributed by atoms with E-state index in [0.717, 1.165) is 32.0 Å². The van der Waals surface area contributed by atoms with Gasteiger partial charge in [0.05, 0.1) is 0 Å². The van der Waals surface area contributed by atoms with Crippen LogP contribution < -0.4 is 16.0 Å². The standard InChI is InChI=1S/C19H41N5O2.HI/c1-9-20-17(21-11-10-14-24(15(2)3)16(4)5)22-12-13-23-18(25)26-19(6,7)8;/h15-16H,9-14H2,1-8H3,(H,23,25)(H2,20,21,22);1H. The van der Waals surface area contributed by atoms with Gasteiger partial charge < -0.3 is 20.7 Å². The summed E-state index contributed by atoms with van der Waals surface area (Å²) in [5.41, 5.74) is -0.478. The van der Waals surface area contributed by atoms with E-state index in [9.17, 15) is 4.79 Å². The zero-order chi connectivity index (χ0) is 20.2. The van der Waals surface area contributed by atoms with Gasteiger partial charge >= 0.3 is 6.09 Å². The van der Waals surface area contributed by atoms with Gasteiger partial charge in [-0.05, 0) is 61.8 Å². The maximum absolute atomic E-state index is 11.6. The van der Waals surface area contributed by atoms with Crippen LogP contribution in [0, 0.1) is 0 Å². The van der Waals surface area contributed by atoms with Crippen LogP contribution in [0.2, 0.25) is 0 Å². The predicted octanol–water partition coefficient (Wildman–Crippen LogP) is 3.19.